The van der Waals surface area contributed by atoms with E-state index in [0.29, 0.717) is 23.9 Å². The lowest BCUT2D eigenvalue weighted by Gasteiger charge is -2.35. The summed E-state index contributed by atoms with van der Waals surface area (Å²) in [6.07, 6.45) is 3.23. The topological polar surface area (TPSA) is 100 Å². The molecule has 0 aromatic heterocycles. The van der Waals surface area contributed by atoms with Gasteiger partial charge in [0.2, 0.25) is 11.9 Å². The molecular formula is C20H27N3O5. The maximum absolute atomic E-state index is 12.8. The van der Waals surface area contributed by atoms with Crippen molar-refractivity contribution in [1.82, 2.24) is 10.2 Å². The summed E-state index contributed by atoms with van der Waals surface area (Å²) in [5.41, 5.74) is 0.615. The van der Waals surface area contributed by atoms with Crippen molar-refractivity contribution in [1.29, 1.82) is 0 Å². The van der Waals surface area contributed by atoms with Crippen LogP contribution in [0.15, 0.2) is 23.2 Å². The molecule has 2 heterocycles. The normalized spacial score (nSPS) is 22.3. The number of guanidine groups is 1. The highest BCUT2D eigenvalue weighted by molar-refractivity contribution is 6.08. The Bertz CT molecular complexity index is 758. The summed E-state index contributed by atoms with van der Waals surface area (Å²) in [6.45, 7) is 5.70. The van der Waals surface area contributed by atoms with Crippen molar-refractivity contribution in [2.75, 3.05) is 26.3 Å². The quantitative estimate of drug-likeness (QED) is 0.590. The van der Waals surface area contributed by atoms with Crippen LogP contribution in [0.2, 0.25) is 0 Å². The lowest BCUT2D eigenvalue weighted by Crippen LogP contribution is -2.53. The van der Waals surface area contributed by atoms with Crippen molar-refractivity contribution in [2.24, 2.45) is 10.9 Å². The average molecular weight is 389 g/mol. The number of phenols is 1. The second-order valence-electron chi connectivity index (χ2n) is 6.82. The van der Waals surface area contributed by atoms with Gasteiger partial charge in [-0.05, 0) is 50.8 Å². The van der Waals surface area contributed by atoms with E-state index in [0.717, 1.165) is 32.4 Å². The van der Waals surface area contributed by atoms with Gasteiger partial charge in [-0.25, -0.2) is 4.99 Å². The summed E-state index contributed by atoms with van der Waals surface area (Å²) < 4.78 is 10.6. The number of ether oxygens (including phenoxy) is 2. The number of carbonyl (C=O) groups excluding carboxylic acids is 2. The van der Waals surface area contributed by atoms with Crippen LogP contribution in [-0.4, -0.2) is 54.1 Å². The number of benzene rings is 1. The van der Waals surface area contributed by atoms with E-state index in [1.54, 1.807) is 19.1 Å². The molecular weight excluding hydrogens is 362 g/mol. The van der Waals surface area contributed by atoms with Gasteiger partial charge in [-0.2, -0.15) is 0 Å². The van der Waals surface area contributed by atoms with Crippen molar-refractivity contribution in [3.63, 3.8) is 0 Å². The van der Waals surface area contributed by atoms with E-state index in [2.05, 4.69) is 5.32 Å². The molecule has 0 bridgehead atoms. The van der Waals surface area contributed by atoms with Crippen LogP contribution in [0.4, 0.5) is 0 Å². The van der Waals surface area contributed by atoms with Crippen LogP contribution < -0.4 is 10.1 Å². The molecule has 0 radical (unpaired) electrons. The van der Waals surface area contributed by atoms with E-state index in [-0.39, 0.29) is 12.4 Å². The molecule has 1 aromatic rings. The highest BCUT2D eigenvalue weighted by Gasteiger charge is 2.42. The molecule has 1 saturated heterocycles. The Hall–Kier alpha value is -2.77. The van der Waals surface area contributed by atoms with Crippen molar-refractivity contribution in [3.05, 3.63) is 23.8 Å². The van der Waals surface area contributed by atoms with Gasteiger partial charge >= 0.3 is 5.97 Å². The molecule has 1 fully saturated rings. The van der Waals surface area contributed by atoms with Gasteiger partial charge in [0.05, 0.1) is 13.2 Å². The van der Waals surface area contributed by atoms with Gasteiger partial charge < -0.3 is 19.5 Å². The monoisotopic (exact) mass is 389 g/mol. The number of piperidine rings is 1. The number of esters is 1. The van der Waals surface area contributed by atoms with Crippen molar-refractivity contribution < 1.29 is 24.2 Å². The Morgan fingerprint density at radius 1 is 1.25 bits per heavy atom. The SMILES string of the molecule is CCOC(=O)[C@@H]1C(=O)NC(N2CCCCC2)=N[C@@H]1c1ccc(O)c(OCC)c1. The second-order valence-corrected chi connectivity index (χ2v) is 6.82. The zero-order chi connectivity index (χ0) is 20.1. The molecule has 2 aliphatic rings. The third kappa shape index (κ3) is 4.21. The van der Waals surface area contributed by atoms with Gasteiger partial charge in [-0.15, -0.1) is 0 Å². The molecule has 0 spiro atoms. The maximum atomic E-state index is 12.8. The van der Waals surface area contributed by atoms with E-state index in [4.69, 9.17) is 14.5 Å². The molecule has 8 heteroatoms. The van der Waals surface area contributed by atoms with Gasteiger partial charge in [-0.3, -0.25) is 14.9 Å². The third-order valence-electron chi connectivity index (χ3n) is 4.92. The average Bonchev–Trinajstić information content (AvgIpc) is 2.70. The molecule has 1 amide bonds. The minimum atomic E-state index is -1.09. The number of nitrogens with zero attached hydrogens (tertiary/aromatic N) is 2. The predicted molar refractivity (Wildman–Crippen MR) is 103 cm³/mol. The van der Waals surface area contributed by atoms with Crippen molar-refractivity contribution >= 4 is 17.8 Å². The highest BCUT2D eigenvalue weighted by atomic mass is 16.5. The molecule has 0 saturated carbocycles. The largest absolute Gasteiger partial charge is 0.504 e. The first-order chi connectivity index (χ1) is 13.5. The van der Waals surface area contributed by atoms with Crippen LogP contribution in [-0.2, 0) is 14.3 Å². The molecule has 1 aromatic carbocycles. The number of aromatic hydroxyl groups is 1. The zero-order valence-electron chi connectivity index (χ0n) is 16.3. The van der Waals surface area contributed by atoms with Crippen LogP contribution in [0.25, 0.3) is 0 Å². The fourth-order valence-corrected chi connectivity index (χ4v) is 3.56. The third-order valence-corrected chi connectivity index (χ3v) is 4.92. The smallest absolute Gasteiger partial charge is 0.321 e. The number of rotatable bonds is 5. The van der Waals surface area contributed by atoms with Crippen LogP contribution >= 0.6 is 0 Å². The lowest BCUT2D eigenvalue weighted by molar-refractivity contribution is -0.153. The molecule has 0 unspecified atom stereocenters. The number of hydrogen-bond acceptors (Lipinski definition) is 7. The molecule has 2 aliphatic heterocycles. The fourth-order valence-electron chi connectivity index (χ4n) is 3.56. The molecule has 3 rings (SSSR count). The summed E-state index contributed by atoms with van der Waals surface area (Å²) >= 11 is 0. The Balaban J connectivity index is 2.00. The lowest BCUT2D eigenvalue weighted by atomic mass is 9.91. The van der Waals surface area contributed by atoms with E-state index in [1.807, 2.05) is 11.8 Å². The molecule has 2 atom stereocenters. The number of aliphatic imine (C=N–C) groups is 1. The summed E-state index contributed by atoms with van der Waals surface area (Å²) in [5, 5.41) is 12.8. The van der Waals surface area contributed by atoms with Gasteiger partial charge in [0, 0.05) is 13.1 Å². The van der Waals surface area contributed by atoms with E-state index < -0.39 is 23.8 Å². The minimum Gasteiger partial charge on any atom is -0.504 e. The van der Waals surface area contributed by atoms with Gasteiger partial charge in [0.15, 0.2) is 17.4 Å². The molecule has 0 aliphatic carbocycles. The number of likely N-dealkylation sites (tertiary alicyclic amines) is 1. The summed E-state index contributed by atoms with van der Waals surface area (Å²) in [4.78, 5) is 32.1. The summed E-state index contributed by atoms with van der Waals surface area (Å²) in [6, 6.07) is 4.03. The van der Waals surface area contributed by atoms with Gasteiger partial charge in [0.1, 0.15) is 6.04 Å². The van der Waals surface area contributed by atoms with E-state index >= 15 is 0 Å². The first-order valence-corrected chi connectivity index (χ1v) is 9.81. The number of hydrogen-bond donors (Lipinski definition) is 2. The summed E-state index contributed by atoms with van der Waals surface area (Å²) in [7, 11) is 0. The Kier molecular flexibility index (Phi) is 6.38. The summed E-state index contributed by atoms with van der Waals surface area (Å²) in [5.74, 6) is -1.35. The molecule has 2 N–H and O–H groups in total. The van der Waals surface area contributed by atoms with Gasteiger partial charge in [0.25, 0.3) is 0 Å². The van der Waals surface area contributed by atoms with Crippen molar-refractivity contribution in [2.45, 2.75) is 39.2 Å². The molecule has 28 heavy (non-hydrogen) atoms. The van der Waals surface area contributed by atoms with Crippen LogP contribution in [0.3, 0.4) is 0 Å². The first-order valence-electron chi connectivity index (χ1n) is 9.81. The van der Waals surface area contributed by atoms with E-state index in [1.165, 1.54) is 6.07 Å². The number of carbonyl (C=O) groups is 2. The number of phenolic OH excluding ortho intramolecular Hbond substituents is 1. The maximum Gasteiger partial charge on any atom is 0.321 e. The van der Waals surface area contributed by atoms with Gasteiger partial charge in [-0.1, -0.05) is 6.07 Å². The van der Waals surface area contributed by atoms with E-state index in [9.17, 15) is 14.7 Å². The highest BCUT2D eigenvalue weighted by Crippen LogP contribution is 2.36. The fraction of sp³-hybridized carbons (Fsp3) is 0.550. The zero-order valence-corrected chi connectivity index (χ0v) is 16.3. The first kappa shape index (κ1) is 20.0. The van der Waals surface area contributed by atoms with Crippen molar-refractivity contribution in [3.8, 4) is 11.5 Å². The predicted octanol–water partition coefficient (Wildman–Crippen LogP) is 1.98. The standard InChI is InChI=1S/C20H27N3O5/c1-3-27-15-12-13(8-9-14(15)24)17-16(19(26)28-4-2)18(25)22-20(21-17)23-10-6-5-7-11-23/h8-9,12,16-17,24H,3-7,10-11H2,1-2H3,(H,21,22,25)/t16-,17+/m0/s1. The molecule has 152 valence electrons. The van der Waals surface area contributed by atoms with Crippen LogP contribution in [0.1, 0.15) is 44.7 Å². The Labute approximate surface area is 164 Å². The molecule has 8 nitrogen and oxygen atoms in total. The number of amides is 1. The Morgan fingerprint density at radius 2 is 2.00 bits per heavy atom. The minimum absolute atomic E-state index is 0.00113. The Morgan fingerprint density at radius 3 is 2.68 bits per heavy atom. The van der Waals surface area contributed by atoms with Crippen LogP contribution in [0.5, 0.6) is 11.5 Å². The van der Waals surface area contributed by atoms with Crippen LogP contribution in [0, 0.1) is 5.92 Å². The number of nitrogens with one attached hydrogen (secondary N) is 1. The second kappa shape index (κ2) is 8.95.